The van der Waals surface area contributed by atoms with Gasteiger partial charge >= 0.3 is 5.97 Å². The summed E-state index contributed by atoms with van der Waals surface area (Å²) < 4.78 is 0.721. The fourth-order valence-electron chi connectivity index (χ4n) is 2.15. The summed E-state index contributed by atoms with van der Waals surface area (Å²) in [5, 5.41) is 13.9. The van der Waals surface area contributed by atoms with Crippen LogP contribution in [0.25, 0.3) is 6.08 Å². The molecule has 0 spiro atoms. The zero-order valence-corrected chi connectivity index (χ0v) is 16.6. The molecule has 0 unspecified atom stereocenters. The summed E-state index contributed by atoms with van der Waals surface area (Å²) >= 11 is 3.29. The minimum Gasteiger partial charge on any atom is -0.480 e. The van der Waals surface area contributed by atoms with Crippen LogP contribution in [-0.2, 0) is 9.59 Å². The number of halogens is 1. The maximum Gasteiger partial charge on any atom is 0.325 e. The highest BCUT2D eigenvalue weighted by atomic mass is 79.9. The molecule has 0 heterocycles. The Hall–Kier alpha value is -3.19. The molecule has 0 bridgehead atoms. The van der Waals surface area contributed by atoms with Crippen molar-refractivity contribution in [2.24, 2.45) is 0 Å². The van der Waals surface area contributed by atoms with Gasteiger partial charge in [-0.2, -0.15) is 0 Å². The van der Waals surface area contributed by atoms with Crippen LogP contribution in [0.15, 0.2) is 76.9 Å². The van der Waals surface area contributed by atoms with Gasteiger partial charge in [0.05, 0.1) is 0 Å². The zero-order valence-electron chi connectivity index (χ0n) is 15.1. The van der Waals surface area contributed by atoms with Crippen molar-refractivity contribution >= 4 is 39.8 Å². The van der Waals surface area contributed by atoms with Gasteiger partial charge in [-0.15, -0.1) is 0 Å². The van der Waals surface area contributed by atoms with E-state index in [0.717, 1.165) is 10.0 Å². The van der Waals surface area contributed by atoms with Crippen LogP contribution < -0.4 is 10.6 Å². The number of carboxylic acid groups (broad SMARTS) is 1. The van der Waals surface area contributed by atoms with Crippen LogP contribution >= 0.6 is 15.9 Å². The third-order valence-corrected chi connectivity index (χ3v) is 4.14. The minimum atomic E-state index is -1.18. The fraction of sp³-hybridized carbons (Fsp3) is 0.0952. The Morgan fingerprint density at radius 3 is 2.43 bits per heavy atom. The number of hydrogen-bond donors (Lipinski definition) is 3. The number of aliphatic carboxylic acids is 1. The van der Waals surface area contributed by atoms with Gasteiger partial charge in [0.25, 0.3) is 11.8 Å². The number of amides is 2. The Morgan fingerprint density at radius 2 is 1.79 bits per heavy atom. The SMILES string of the molecule is C[C@H](NC(=O)/C(=C\C=C\c1ccccc1)NC(=O)c1cccc(Br)c1)C(=O)O. The third-order valence-electron chi connectivity index (χ3n) is 3.65. The van der Waals surface area contributed by atoms with Crippen molar-refractivity contribution in [1.29, 1.82) is 0 Å². The number of carboxylic acids is 1. The molecular formula is C21H19BrN2O4. The lowest BCUT2D eigenvalue weighted by Gasteiger charge is -2.13. The quantitative estimate of drug-likeness (QED) is 0.452. The van der Waals surface area contributed by atoms with Crippen LogP contribution in [0, 0.1) is 0 Å². The summed E-state index contributed by atoms with van der Waals surface area (Å²) in [5.74, 6) is -2.36. The van der Waals surface area contributed by atoms with Crippen molar-refractivity contribution in [1.82, 2.24) is 10.6 Å². The van der Waals surface area contributed by atoms with Crippen molar-refractivity contribution in [3.63, 3.8) is 0 Å². The lowest BCUT2D eigenvalue weighted by Crippen LogP contribution is -2.42. The second-order valence-electron chi connectivity index (χ2n) is 5.85. The van der Waals surface area contributed by atoms with Gasteiger partial charge in [0.2, 0.25) is 0 Å². The van der Waals surface area contributed by atoms with E-state index in [0.29, 0.717) is 5.56 Å². The number of benzene rings is 2. The van der Waals surface area contributed by atoms with E-state index >= 15 is 0 Å². The number of rotatable bonds is 7. The van der Waals surface area contributed by atoms with Gasteiger partial charge in [-0.3, -0.25) is 14.4 Å². The smallest absolute Gasteiger partial charge is 0.325 e. The Kier molecular flexibility index (Phi) is 7.71. The molecule has 3 N–H and O–H groups in total. The second-order valence-corrected chi connectivity index (χ2v) is 6.76. The molecule has 2 rings (SSSR count). The van der Waals surface area contributed by atoms with Crippen LogP contribution in [0.4, 0.5) is 0 Å². The molecule has 0 fully saturated rings. The van der Waals surface area contributed by atoms with E-state index in [1.165, 1.54) is 13.0 Å². The molecule has 0 aromatic heterocycles. The van der Waals surface area contributed by atoms with E-state index in [1.54, 1.807) is 36.4 Å². The summed E-state index contributed by atoms with van der Waals surface area (Å²) in [5.41, 5.74) is 1.20. The maximum absolute atomic E-state index is 12.5. The summed E-state index contributed by atoms with van der Waals surface area (Å²) in [6.07, 6.45) is 4.79. The molecule has 0 aliphatic carbocycles. The van der Waals surface area contributed by atoms with Gasteiger partial charge in [0, 0.05) is 10.0 Å². The maximum atomic E-state index is 12.5. The molecule has 0 aliphatic rings. The molecule has 2 aromatic rings. The van der Waals surface area contributed by atoms with Crippen molar-refractivity contribution in [2.75, 3.05) is 0 Å². The highest BCUT2D eigenvalue weighted by Crippen LogP contribution is 2.12. The minimum absolute atomic E-state index is 0.0646. The van der Waals surface area contributed by atoms with Crippen LogP contribution in [0.1, 0.15) is 22.8 Å². The summed E-state index contributed by atoms with van der Waals surface area (Å²) in [6, 6.07) is 15.0. The zero-order chi connectivity index (χ0) is 20.5. The Labute approximate surface area is 171 Å². The highest BCUT2D eigenvalue weighted by Gasteiger charge is 2.19. The van der Waals surface area contributed by atoms with E-state index in [1.807, 2.05) is 30.3 Å². The average Bonchev–Trinajstić information content (AvgIpc) is 2.67. The Bertz CT molecular complexity index is 923. The lowest BCUT2D eigenvalue weighted by molar-refractivity contribution is -0.140. The summed E-state index contributed by atoms with van der Waals surface area (Å²) in [7, 11) is 0. The van der Waals surface area contributed by atoms with Crippen molar-refractivity contribution in [3.8, 4) is 0 Å². The number of carbonyl (C=O) groups is 3. The molecule has 0 saturated heterocycles. The monoisotopic (exact) mass is 442 g/mol. The van der Waals surface area contributed by atoms with E-state index in [-0.39, 0.29) is 5.70 Å². The molecule has 0 radical (unpaired) electrons. The topological polar surface area (TPSA) is 95.5 Å². The highest BCUT2D eigenvalue weighted by molar-refractivity contribution is 9.10. The number of carbonyl (C=O) groups excluding carboxylic acids is 2. The molecule has 1 atom stereocenters. The standard InChI is InChI=1S/C21H19BrN2O4/c1-14(21(27)28)23-20(26)18(12-5-9-15-7-3-2-4-8-15)24-19(25)16-10-6-11-17(22)13-16/h2-14H,1H3,(H,23,26)(H,24,25)(H,27,28)/b9-5+,18-12+/t14-/m0/s1. The van der Waals surface area contributed by atoms with Gasteiger partial charge < -0.3 is 15.7 Å². The molecule has 28 heavy (non-hydrogen) atoms. The third kappa shape index (κ3) is 6.51. The lowest BCUT2D eigenvalue weighted by atomic mass is 10.2. The first-order chi connectivity index (χ1) is 13.4. The molecule has 6 nitrogen and oxygen atoms in total. The van der Waals surface area contributed by atoms with Crippen molar-refractivity contribution in [2.45, 2.75) is 13.0 Å². The van der Waals surface area contributed by atoms with E-state index in [4.69, 9.17) is 5.11 Å². The van der Waals surface area contributed by atoms with Gasteiger partial charge in [0.1, 0.15) is 11.7 Å². The first-order valence-corrected chi connectivity index (χ1v) is 9.20. The van der Waals surface area contributed by atoms with E-state index in [9.17, 15) is 14.4 Å². The molecular weight excluding hydrogens is 424 g/mol. The Balaban J connectivity index is 2.23. The number of allylic oxidation sites excluding steroid dienone is 2. The van der Waals surface area contributed by atoms with Gasteiger partial charge in [-0.05, 0) is 36.8 Å². The molecule has 0 aliphatic heterocycles. The molecule has 2 aromatic carbocycles. The first kappa shape index (κ1) is 21.1. The number of hydrogen-bond acceptors (Lipinski definition) is 3. The number of nitrogens with one attached hydrogen (secondary N) is 2. The van der Waals surface area contributed by atoms with Crippen LogP contribution in [-0.4, -0.2) is 28.9 Å². The van der Waals surface area contributed by atoms with Gasteiger partial charge in [-0.25, -0.2) is 0 Å². The first-order valence-electron chi connectivity index (χ1n) is 8.41. The molecule has 7 heteroatoms. The molecule has 144 valence electrons. The van der Waals surface area contributed by atoms with Gasteiger partial charge in [0.15, 0.2) is 0 Å². The van der Waals surface area contributed by atoms with Crippen LogP contribution in [0.3, 0.4) is 0 Å². The predicted octanol–water partition coefficient (Wildman–Crippen LogP) is 3.37. The second kappa shape index (κ2) is 10.2. The van der Waals surface area contributed by atoms with E-state index < -0.39 is 23.8 Å². The summed E-state index contributed by atoms with van der Waals surface area (Å²) in [4.78, 5) is 35.9. The van der Waals surface area contributed by atoms with Crippen molar-refractivity contribution < 1.29 is 19.5 Å². The normalized spacial score (nSPS) is 12.4. The fourth-order valence-corrected chi connectivity index (χ4v) is 2.55. The predicted molar refractivity (Wildman–Crippen MR) is 110 cm³/mol. The van der Waals surface area contributed by atoms with Crippen LogP contribution in [0.2, 0.25) is 0 Å². The van der Waals surface area contributed by atoms with Crippen LogP contribution in [0.5, 0.6) is 0 Å². The summed E-state index contributed by atoms with van der Waals surface area (Å²) in [6.45, 7) is 1.34. The van der Waals surface area contributed by atoms with Gasteiger partial charge in [-0.1, -0.05) is 64.5 Å². The average molecular weight is 443 g/mol. The molecule has 0 saturated carbocycles. The molecule has 2 amide bonds. The largest absolute Gasteiger partial charge is 0.480 e. The van der Waals surface area contributed by atoms with E-state index in [2.05, 4.69) is 26.6 Å². The van der Waals surface area contributed by atoms with Crippen molar-refractivity contribution in [3.05, 3.63) is 88.0 Å². The Morgan fingerprint density at radius 1 is 1.07 bits per heavy atom.